The number of unbranched alkanes of at least 4 members (excludes halogenated alkanes) is 1. The topological polar surface area (TPSA) is 24.4 Å². The zero-order valence-corrected chi connectivity index (χ0v) is 10.7. The van der Waals surface area contributed by atoms with Gasteiger partial charge in [-0.1, -0.05) is 18.7 Å². The number of nitrogens with zero attached hydrogens (tertiary/aromatic N) is 1. The lowest BCUT2D eigenvalue weighted by atomic mass is 10.3. The minimum absolute atomic E-state index is 0.657. The van der Waals surface area contributed by atoms with Crippen LogP contribution in [0.4, 0.5) is 0 Å². The quantitative estimate of drug-likeness (QED) is 0.712. The van der Waals surface area contributed by atoms with Crippen molar-refractivity contribution in [1.29, 1.82) is 0 Å². The first-order valence-corrected chi connectivity index (χ1v) is 7.67. The largest absolute Gasteiger partial charge is 0.361 e. The molecule has 0 bridgehead atoms. The van der Waals surface area contributed by atoms with Crippen molar-refractivity contribution < 1.29 is 0 Å². The molecule has 4 heteroatoms. The minimum Gasteiger partial charge on any atom is -0.361 e. The Hall–Kier alpha value is 0.170. The van der Waals surface area contributed by atoms with Gasteiger partial charge in [0.1, 0.15) is 0 Å². The second-order valence-electron chi connectivity index (χ2n) is 3.45. The van der Waals surface area contributed by atoms with Crippen LogP contribution in [0.2, 0.25) is 0 Å². The zero-order valence-electron chi connectivity index (χ0n) is 9.08. The van der Waals surface area contributed by atoms with Crippen molar-refractivity contribution in [2.24, 2.45) is 4.99 Å². The van der Waals surface area contributed by atoms with Gasteiger partial charge in [-0.2, -0.15) is 11.8 Å². The molecule has 0 radical (unpaired) electrons. The van der Waals surface area contributed by atoms with Gasteiger partial charge in [0.25, 0.3) is 0 Å². The highest BCUT2D eigenvalue weighted by Gasteiger charge is 2.17. The highest BCUT2D eigenvalue weighted by Crippen LogP contribution is 2.15. The van der Waals surface area contributed by atoms with E-state index in [0.717, 1.165) is 6.54 Å². The van der Waals surface area contributed by atoms with Crippen molar-refractivity contribution >= 4 is 28.7 Å². The molecule has 1 heterocycles. The lowest BCUT2D eigenvalue weighted by molar-refractivity contribution is 0.666. The van der Waals surface area contributed by atoms with Crippen molar-refractivity contribution in [1.82, 2.24) is 5.32 Å². The summed E-state index contributed by atoms with van der Waals surface area (Å²) in [4.78, 5) is 4.55. The minimum atomic E-state index is 0.657. The third kappa shape index (κ3) is 4.60. The summed E-state index contributed by atoms with van der Waals surface area (Å²) >= 11 is 3.79. The van der Waals surface area contributed by atoms with E-state index in [0.29, 0.717) is 6.04 Å². The average Bonchev–Trinajstić information content (AvgIpc) is 2.65. The first-order chi connectivity index (χ1) is 6.86. The fraction of sp³-hybridized carbons (Fsp3) is 0.900. The summed E-state index contributed by atoms with van der Waals surface area (Å²) in [5, 5.41) is 4.61. The van der Waals surface area contributed by atoms with Crippen LogP contribution in [0.3, 0.4) is 0 Å². The number of thioether (sulfide) groups is 2. The smallest absolute Gasteiger partial charge is 0.156 e. The SMILES string of the molecule is CCC1CSC(=NCCCCSC)N1. The molecule has 1 unspecified atom stereocenters. The Morgan fingerprint density at radius 1 is 1.57 bits per heavy atom. The van der Waals surface area contributed by atoms with E-state index in [9.17, 15) is 0 Å². The summed E-state index contributed by atoms with van der Waals surface area (Å²) in [6, 6.07) is 0.657. The molecule has 1 rings (SSSR count). The van der Waals surface area contributed by atoms with Crippen molar-refractivity contribution in [3.05, 3.63) is 0 Å². The molecule has 1 fully saturated rings. The normalized spacial score (nSPS) is 24.1. The molecule has 2 nitrogen and oxygen atoms in total. The Balaban J connectivity index is 2.07. The lowest BCUT2D eigenvalue weighted by Gasteiger charge is -2.04. The van der Waals surface area contributed by atoms with E-state index in [-0.39, 0.29) is 0 Å². The Bertz CT molecular complexity index is 183. The van der Waals surface area contributed by atoms with E-state index in [1.807, 2.05) is 23.5 Å². The number of rotatable bonds is 6. The van der Waals surface area contributed by atoms with Gasteiger partial charge in [-0.3, -0.25) is 4.99 Å². The van der Waals surface area contributed by atoms with E-state index >= 15 is 0 Å². The molecule has 0 saturated carbocycles. The van der Waals surface area contributed by atoms with E-state index in [4.69, 9.17) is 0 Å². The van der Waals surface area contributed by atoms with E-state index in [1.165, 1.54) is 35.9 Å². The molecule has 0 spiro atoms. The number of aliphatic imine (C=N–C) groups is 1. The van der Waals surface area contributed by atoms with Gasteiger partial charge in [-0.25, -0.2) is 0 Å². The van der Waals surface area contributed by atoms with Crippen molar-refractivity contribution in [2.75, 3.05) is 24.3 Å². The number of nitrogens with one attached hydrogen (secondary N) is 1. The van der Waals surface area contributed by atoms with Crippen molar-refractivity contribution in [3.63, 3.8) is 0 Å². The predicted octanol–water partition coefficient (Wildman–Crippen LogP) is 2.60. The van der Waals surface area contributed by atoms with Crippen LogP contribution in [0.15, 0.2) is 4.99 Å². The molecule has 0 aromatic heterocycles. The highest BCUT2D eigenvalue weighted by molar-refractivity contribution is 8.14. The van der Waals surface area contributed by atoms with Crippen LogP contribution < -0.4 is 5.32 Å². The summed E-state index contributed by atoms with van der Waals surface area (Å²) in [6.45, 7) is 3.21. The Kier molecular flexibility index (Phi) is 6.52. The number of hydrogen-bond acceptors (Lipinski definition) is 3. The Morgan fingerprint density at radius 2 is 2.43 bits per heavy atom. The van der Waals surface area contributed by atoms with Gasteiger partial charge in [-0.05, 0) is 31.3 Å². The van der Waals surface area contributed by atoms with Crippen LogP contribution in [-0.2, 0) is 0 Å². The summed E-state index contributed by atoms with van der Waals surface area (Å²) < 4.78 is 0. The predicted molar refractivity (Wildman–Crippen MR) is 69.6 cm³/mol. The maximum Gasteiger partial charge on any atom is 0.156 e. The van der Waals surface area contributed by atoms with Gasteiger partial charge < -0.3 is 5.32 Å². The van der Waals surface area contributed by atoms with E-state index < -0.39 is 0 Å². The lowest BCUT2D eigenvalue weighted by Crippen LogP contribution is -2.25. The van der Waals surface area contributed by atoms with Crippen LogP contribution in [0, 0.1) is 0 Å². The summed E-state index contributed by atoms with van der Waals surface area (Å²) in [6.07, 6.45) is 5.88. The van der Waals surface area contributed by atoms with Gasteiger partial charge in [0, 0.05) is 18.3 Å². The zero-order chi connectivity index (χ0) is 10.2. The van der Waals surface area contributed by atoms with Crippen LogP contribution in [0.5, 0.6) is 0 Å². The molecule has 1 N–H and O–H groups in total. The summed E-state index contributed by atoms with van der Waals surface area (Å²) in [5.74, 6) is 2.46. The molecule has 1 saturated heterocycles. The molecular formula is C10H20N2S2. The summed E-state index contributed by atoms with van der Waals surface area (Å²) in [7, 11) is 0. The average molecular weight is 232 g/mol. The molecule has 0 aromatic carbocycles. The Labute approximate surface area is 95.7 Å². The fourth-order valence-electron chi connectivity index (χ4n) is 1.29. The van der Waals surface area contributed by atoms with E-state index in [1.54, 1.807) is 0 Å². The molecule has 0 aliphatic carbocycles. The van der Waals surface area contributed by atoms with E-state index in [2.05, 4.69) is 23.5 Å². The van der Waals surface area contributed by atoms with Crippen LogP contribution in [0.1, 0.15) is 26.2 Å². The standard InChI is InChI=1S/C10H20N2S2/c1-3-9-8-14-10(12-9)11-6-4-5-7-13-2/h9H,3-8H2,1-2H3,(H,11,12). The van der Waals surface area contributed by atoms with Gasteiger partial charge in [0.2, 0.25) is 0 Å². The molecule has 1 atom stereocenters. The van der Waals surface area contributed by atoms with Crippen LogP contribution in [0.25, 0.3) is 0 Å². The fourth-order valence-corrected chi connectivity index (χ4v) is 2.89. The van der Waals surface area contributed by atoms with Crippen molar-refractivity contribution in [2.45, 2.75) is 32.2 Å². The Morgan fingerprint density at radius 3 is 3.07 bits per heavy atom. The highest BCUT2D eigenvalue weighted by atomic mass is 32.2. The molecular weight excluding hydrogens is 212 g/mol. The molecule has 1 aliphatic rings. The number of amidine groups is 1. The maximum absolute atomic E-state index is 4.55. The van der Waals surface area contributed by atoms with Gasteiger partial charge in [0.15, 0.2) is 5.17 Å². The van der Waals surface area contributed by atoms with Crippen LogP contribution >= 0.6 is 23.5 Å². The third-order valence-corrected chi connectivity index (χ3v) is 4.04. The van der Waals surface area contributed by atoms with Gasteiger partial charge >= 0.3 is 0 Å². The molecule has 0 aromatic rings. The first kappa shape index (κ1) is 12.2. The molecule has 82 valence electrons. The summed E-state index contributed by atoms with van der Waals surface area (Å²) in [5.41, 5.74) is 0. The molecule has 1 aliphatic heterocycles. The maximum atomic E-state index is 4.55. The molecule has 14 heavy (non-hydrogen) atoms. The van der Waals surface area contributed by atoms with Gasteiger partial charge in [-0.15, -0.1) is 0 Å². The monoisotopic (exact) mass is 232 g/mol. The second kappa shape index (κ2) is 7.46. The number of hydrogen-bond donors (Lipinski definition) is 1. The second-order valence-corrected chi connectivity index (χ2v) is 5.44. The molecule has 0 amide bonds. The third-order valence-electron chi connectivity index (χ3n) is 2.25. The van der Waals surface area contributed by atoms with Crippen LogP contribution in [-0.4, -0.2) is 35.5 Å². The van der Waals surface area contributed by atoms with Gasteiger partial charge in [0.05, 0.1) is 0 Å². The van der Waals surface area contributed by atoms with Crippen molar-refractivity contribution in [3.8, 4) is 0 Å². The first-order valence-electron chi connectivity index (χ1n) is 5.29.